The summed E-state index contributed by atoms with van der Waals surface area (Å²) in [5.41, 5.74) is 0. The molecule has 2 atom stereocenters. The lowest BCUT2D eigenvalue weighted by molar-refractivity contribution is 0.355. The Morgan fingerprint density at radius 3 is 2.83 bits per heavy atom. The van der Waals surface area contributed by atoms with Gasteiger partial charge in [-0.15, -0.1) is 0 Å². The molecule has 1 aromatic rings. The maximum Gasteiger partial charge on any atom is 0.190 e. The number of aromatic nitrogens is 2. The number of hydrogen-bond acceptors (Lipinski definition) is 5. The lowest BCUT2D eigenvalue weighted by Crippen LogP contribution is -2.39. The van der Waals surface area contributed by atoms with E-state index in [0.29, 0.717) is 22.7 Å². The first-order chi connectivity index (χ1) is 8.69. The molecule has 0 saturated carbocycles. The third-order valence-corrected chi connectivity index (χ3v) is 3.81. The standard InChI is InChI=1S/C13H18N4S/c1-10-7-11(2)9-17(8-10)12-3-5-15-13(16-12)18-6-4-14/h3,5,10-11H,6-9H2,1-2H3. The Labute approximate surface area is 112 Å². The lowest BCUT2D eigenvalue weighted by atomic mass is 9.92. The van der Waals surface area contributed by atoms with Crippen LogP contribution in [-0.4, -0.2) is 28.8 Å². The molecule has 96 valence electrons. The number of rotatable bonds is 3. The number of thioether (sulfide) groups is 1. The van der Waals surface area contributed by atoms with Crippen molar-refractivity contribution in [3.8, 4) is 6.07 Å². The molecule has 0 amide bonds. The van der Waals surface area contributed by atoms with Gasteiger partial charge in [0.15, 0.2) is 5.16 Å². The first kappa shape index (κ1) is 13.2. The van der Waals surface area contributed by atoms with Crippen molar-refractivity contribution < 1.29 is 0 Å². The highest BCUT2D eigenvalue weighted by molar-refractivity contribution is 7.99. The molecule has 1 saturated heterocycles. The van der Waals surface area contributed by atoms with Gasteiger partial charge in [-0.1, -0.05) is 25.6 Å². The molecule has 4 nitrogen and oxygen atoms in total. The number of nitriles is 1. The van der Waals surface area contributed by atoms with Crippen LogP contribution in [0.3, 0.4) is 0 Å². The first-order valence-electron chi connectivity index (χ1n) is 6.26. The Morgan fingerprint density at radius 1 is 1.44 bits per heavy atom. The van der Waals surface area contributed by atoms with Crippen molar-refractivity contribution in [2.75, 3.05) is 23.7 Å². The van der Waals surface area contributed by atoms with Crippen molar-refractivity contribution in [2.45, 2.75) is 25.4 Å². The lowest BCUT2D eigenvalue weighted by Gasteiger charge is -2.35. The van der Waals surface area contributed by atoms with Gasteiger partial charge >= 0.3 is 0 Å². The van der Waals surface area contributed by atoms with E-state index in [-0.39, 0.29) is 0 Å². The third kappa shape index (κ3) is 3.36. The molecule has 5 heteroatoms. The summed E-state index contributed by atoms with van der Waals surface area (Å²) in [6.45, 7) is 6.69. The number of anilines is 1. The molecular formula is C13H18N4S. The molecule has 2 unspecified atom stereocenters. The van der Waals surface area contributed by atoms with Crippen LogP contribution >= 0.6 is 11.8 Å². The molecule has 0 N–H and O–H groups in total. The van der Waals surface area contributed by atoms with E-state index in [4.69, 9.17) is 5.26 Å². The molecule has 0 spiro atoms. The van der Waals surface area contributed by atoms with E-state index in [1.54, 1.807) is 6.20 Å². The van der Waals surface area contributed by atoms with Crippen molar-refractivity contribution in [1.29, 1.82) is 5.26 Å². The maximum atomic E-state index is 8.58. The second kappa shape index (κ2) is 6.05. The smallest absolute Gasteiger partial charge is 0.190 e. The van der Waals surface area contributed by atoms with Crippen LogP contribution in [0.2, 0.25) is 0 Å². The fourth-order valence-corrected chi connectivity index (χ4v) is 3.01. The van der Waals surface area contributed by atoms with Gasteiger partial charge in [-0.05, 0) is 24.3 Å². The zero-order valence-corrected chi connectivity index (χ0v) is 11.7. The van der Waals surface area contributed by atoms with Crippen LogP contribution < -0.4 is 4.90 Å². The largest absolute Gasteiger partial charge is 0.356 e. The van der Waals surface area contributed by atoms with Crippen LogP contribution in [0.25, 0.3) is 0 Å². The monoisotopic (exact) mass is 262 g/mol. The van der Waals surface area contributed by atoms with Crippen LogP contribution in [0.1, 0.15) is 20.3 Å². The maximum absolute atomic E-state index is 8.58. The number of hydrogen-bond donors (Lipinski definition) is 0. The Balaban J connectivity index is 2.10. The minimum atomic E-state index is 0.399. The van der Waals surface area contributed by atoms with Gasteiger partial charge in [0.1, 0.15) is 5.82 Å². The fraction of sp³-hybridized carbons (Fsp3) is 0.615. The minimum absolute atomic E-state index is 0.399. The first-order valence-corrected chi connectivity index (χ1v) is 7.25. The van der Waals surface area contributed by atoms with Crippen molar-refractivity contribution >= 4 is 17.6 Å². The second-order valence-corrected chi connectivity index (χ2v) is 5.94. The van der Waals surface area contributed by atoms with Gasteiger partial charge in [-0.3, -0.25) is 0 Å². The fourth-order valence-electron chi connectivity index (χ4n) is 2.52. The Morgan fingerprint density at radius 2 is 2.17 bits per heavy atom. The molecule has 1 fully saturated rings. The molecule has 1 aliphatic heterocycles. The van der Waals surface area contributed by atoms with Gasteiger partial charge in [-0.25, -0.2) is 9.97 Å². The van der Waals surface area contributed by atoms with Crippen molar-refractivity contribution in [3.05, 3.63) is 12.3 Å². The Kier molecular flexibility index (Phi) is 4.43. The topological polar surface area (TPSA) is 52.8 Å². The molecule has 2 rings (SSSR count). The van der Waals surface area contributed by atoms with Crippen molar-refractivity contribution in [1.82, 2.24) is 9.97 Å². The molecule has 0 radical (unpaired) electrons. The van der Waals surface area contributed by atoms with E-state index in [9.17, 15) is 0 Å². The SMILES string of the molecule is CC1CC(C)CN(c2ccnc(SCC#N)n2)C1. The zero-order valence-electron chi connectivity index (χ0n) is 10.8. The summed E-state index contributed by atoms with van der Waals surface area (Å²) < 4.78 is 0. The van der Waals surface area contributed by atoms with Gasteiger partial charge in [0.2, 0.25) is 0 Å². The van der Waals surface area contributed by atoms with Gasteiger partial charge in [-0.2, -0.15) is 5.26 Å². The molecule has 1 aliphatic rings. The molecule has 2 heterocycles. The highest BCUT2D eigenvalue weighted by Crippen LogP contribution is 2.25. The molecular weight excluding hydrogens is 244 g/mol. The average Bonchev–Trinajstić information content (AvgIpc) is 2.35. The molecule has 0 aliphatic carbocycles. The van der Waals surface area contributed by atoms with Gasteiger partial charge in [0, 0.05) is 19.3 Å². The second-order valence-electron chi connectivity index (χ2n) is 5.00. The van der Waals surface area contributed by atoms with Crippen molar-refractivity contribution in [2.24, 2.45) is 11.8 Å². The summed E-state index contributed by atoms with van der Waals surface area (Å²) in [5.74, 6) is 2.80. The quantitative estimate of drug-likeness (QED) is 0.619. The van der Waals surface area contributed by atoms with Gasteiger partial charge in [0.25, 0.3) is 0 Å². The highest BCUT2D eigenvalue weighted by atomic mass is 32.2. The molecule has 0 aromatic carbocycles. The summed E-state index contributed by atoms with van der Waals surface area (Å²) in [5, 5.41) is 9.27. The summed E-state index contributed by atoms with van der Waals surface area (Å²) >= 11 is 1.39. The highest BCUT2D eigenvalue weighted by Gasteiger charge is 2.22. The van der Waals surface area contributed by atoms with E-state index in [0.717, 1.165) is 18.9 Å². The van der Waals surface area contributed by atoms with Crippen molar-refractivity contribution in [3.63, 3.8) is 0 Å². The molecule has 0 bridgehead atoms. The summed E-state index contributed by atoms with van der Waals surface area (Å²) in [4.78, 5) is 11.0. The number of nitrogens with zero attached hydrogens (tertiary/aromatic N) is 4. The summed E-state index contributed by atoms with van der Waals surface area (Å²) in [6, 6.07) is 4.06. The predicted molar refractivity (Wildman–Crippen MR) is 73.5 cm³/mol. The zero-order chi connectivity index (χ0) is 13.0. The van der Waals surface area contributed by atoms with E-state index in [1.807, 2.05) is 6.07 Å². The summed E-state index contributed by atoms with van der Waals surface area (Å²) in [7, 11) is 0. The van der Waals surface area contributed by atoms with Crippen LogP contribution in [0.15, 0.2) is 17.4 Å². The Hall–Kier alpha value is -1.28. The molecule has 1 aromatic heterocycles. The van der Waals surface area contributed by atoms with E-state index >= 15 is 0 Å². The summed E-state index contributed by atoms with van der Waals surface area (Å²) in [6.07, 6.45) is 3.07. The van der Waals surface area contributed by atoms with Crippen LogP contribution in [0.4, 0.5) is 5.82 Å². The average molecular weight is 262 g/mol. The van der Waals surface area contributed by atoms with Crippen LogP contribution in [0, 0.1) is 23.2 Å². The predicted octanol–water partition coefficient (Wildman–Crippen LogP) is 2.57. The van der Waals surface area contributed by atoms with Crippen LogP contribution in [-0.2, 0) is 0 Å². The molecule has 18 heavy (non-hydrogen) atoms. The van der Waals surface area contributed by atoms with E-state index in [1.165, 1.54) is 18.2 Å². The Bertz CT molecular complexity index is 433. The number of piperidine rings is 1. The van der Waals surface area contributed by atoms with E-state index < -0.39 is 0 Å². The van der Waals surface area contributed by atoms with Gasteiger partial charge < -0.3 is 4.90 Å². The third-order valence-electron chi connectivity index (χ3n) is 3.08. The minimum Gasteiger partial charge on any atom is -0.356 e. The van der Waals surface area contributed by atoms with E-state index in [2.05, 4.69) is 34.8 Å². The van der Waals surface area contributed by atoms with Crippen LogP contribution in [0.5, 0.6) is 0 Å². The van der Waals surface area contributed by atoms with Gasteiger partial charge in [0.05, 0.1) is 11.8 Å². The normalized spacial score (nSPS) is 23.7.